The third-order valence-corrected chi connectivity index (χ3v) is 1.90. The van der Waals surface area contributed by atoms with Crippen molar-refractivity contribution in [2.75, 3.05) is 17.7 Å². The Bertz CT molecular complexity index is 378. The molecule has 0 aromatic heterocycles. The summed E-state index contributed by atoms with van der Waals surface area (Å²) in [5, 5.41) is 13.7. The predicted octanol–water partition coefficient (Wildman–Crippen LogP) is 0.686. The van der Waals surface area contributed by atoms with E-state index in [2.05, 4.69) is 10.6 Å². The van der Waals surface area contributed by atoms with E-state index in [0.29, 0.717) is 5.69 Å². The number of aromatic hydroxyl groups is 1. The molecule has 2 amide bonds. The van der Waals surface area contributed by atoms with Gasteiger partial charge in [-0.05, 0) is 24.3 Å². The summed E-state index contributed by atoms with van der Waals surface area (Å²) in [4.78, 5) is 22.4. The van der Waals surface area contributed by atoms with Gasteiger partial charge in [0.15, 0.2) is 0 Å². The molecule has 1 aromatic rings. The van der Waals surface area contributed by atoms with Crippen molar-refractivity contribution in [3.63, 3.8) is 0 Å². The first kappa shape index (κ1) is 12.3. The number of halogens is 1. The Kier molecular flexibility index (Phi) is 4.60. The SMILES string of the molecule is O=C(NCCCl)C(=O)Nc1ccc(O)cc1. The molecule has 0 spiro atoms. The van der Waals surface area contributed by atoms with E-state index in [1.54, 1.807) is 0 Å². The number of anilines is 1. The molecule has 0 saturated carbocycles. The molecule has 1 aromatic carbocycles. The average Bonchev–Trinajstić information content (AvgIpc) is 2.29. The van der Waals surface area contributed by atoms with Crippen LogP contribution in [0.3, 0.4) is 0 Å². The second kappa shape index (κ2) is 5.97. The van der Waals surface area contributed by atoms with E-state index in [1.165, 1.54) is 24.3 Å². The number of hydrogen-bond donors (Lipinski definition) is 3. The first-order valence-corrected chi connectivity index (χ1v) is 5.11. The molecule has 0 fully saturated rings. The first-order valence-electron chi connectivity index (χ1n) is 4.57. The average molecular weight is 243 g/mol. The molecule has 16 heavy (non-hydrogen) atoms. The summed E-state index contributed by atoms with van der Waals surface area (Å²) in [6.07, 6.45) is 0. The number of alkyl halides is 1. The molecule has 0 radical (unpaired) electrons. The summed E-state index contributed by atoms with van der Waals surface area (Å²) in [5.41, 5.74) is 0.434. The van der Waals surface area contributed by atoms with Crippen LogP contribution in [0.2, 0.25) is 0 Å². The van der Waals surface area contributed by atoms with Crippen LogP contribution in [0, 0.1) is 0 Å². The van der Waals surface area contributed by atoms with Crippen LogP contribution < -0.4 is 10.6 Å². The highest BCUT2D eigenvalue weighted by atomic mass is 35.5. The zero-order valence-electron chi connectivity index (χ0n) is 8.37. The molecule has 0 aliphatic carbocycles. The summed E-state index contributed by atoms with van der Waals surface area (Å²) >= 11 is 5.35. The van der Waals surface area contributed by atoms with E-state index in [4.69, 9.17) is 16.7 Å². The number of rotatable bonds is 3. The maximum absolute atomic E-state index is 11.3. The molecule has 0 atom stereocenters. The van der Waals surface area contributed by atoms with E-state index in [0.717, 1.165) is 0 Å². The van der Waals surface area contributed by atoms with Crippen LogP contribution >= 0.6 is 11.6 Å². The molecule has 0 saturated heterocycles. The minimum absolute atomic E-state index is 0.0876. The Morgan fingerprint density at radius 2 is 1.81 bits per heavy atom. The zero-order valence-corrected chi connectivity index (χ0v) is 9.12. The van der Waals surface area contributed by atoms with Crippen LogP contribution in [0.15, 0.2) is 24.3 Å². The largest absolute Gasteiger partial charge is 0.508 e. The minimum atomic E-state index is -0.768. The van der Waals surface area contributed by atoms with Gasteiger partial charge >= 0.3 is 11.8 Å². The molecule has 3 N–H and O–H groups in total. The van der Waals surface area contributed by atoms with E-state index < -0.39 is 11.8 Å². The highest BCUT2D eigenvalue weighted by Crippen LogP contribution is 2.13. The van der Waals surface area contributed by atoms with Gasteiger partial charge in [-0.1, -0.05) is 0 Å². The van der Waals surface area contributed by atoms with Crippen molar-refractivity contribution < 1.29 is 14.7 Å². The van der Waals surface area contributed by atoms with Gasteiger partial charge in [0.1, 0.15) is 5.75 Å². The summed E-state index contributed by atoms with van der Waals surface area (Å²) in [7, 11) is 0. The summed E-state index contributed by atoms with van der Waals surface area (Å²) < 4.78 is 0. The van der Waals surface area contributed by atoms with E-state index >= 15 is 0 Å². The van der Waals surface area contributed by atoms with Crippen molar-refractivity contribution in [3.8, 4) is 5.75 Å². The minimum Gasteiger partial charge on any atom is -0.508 e. The Labute approximate surface area is 97.4 Å². The third kappa shape index (κ3) is 3.78. The maximum Gasteiger partial charge on any atom is 0.313 e. The van der Waals surface area contributed by atoms with E-state index in [9.17, 15) is 9.59 Å². The smallest absolute Gasteiger partial charge is 0.313 e. The fourth-order valence-corrected chi connectivity index (χ4v) is 1.07. The lowest BCUT2D eigenvalue weighted by molar-refractivity contribution is -0.136. The molecule has 6 heteroatoms. The van der Waals surface area contributed by atoms with Crippen molar-refractivity contribution in [3.05, 3.63) is 24.3 Å². The highest BCUT2D eigenvalue weighted by Gasteiger charge is 2.12. The second-order valence-electron chi connectivity index (χ2n) is 2.95. The fourth-order valence-electron chi connectivity index (χ4n) is 0.974. The lowest BCUT2D eigenvalue weighted by Gasteiger charge is -2.05. The topological polar surface area (TPSA) is 78.4 Å². The van der Waals surface area contributed by atoms with Gasteiger partial charge in [0.25, 0.3) is 0 Å². The van der Waals surface area contributed by atoms with Gasteiger partial charge in [-0.3, -0.25) is 9.59 Å². The zero-order chi connectivity index (χ0) is 12.0. The first-order chi connectivity index (χ1) is 7.63. The van der Waals surface area contributed by atoms with Crippen molar-refractivity contribution in [2.45, 2.75) is 0 Å². The van der Waals surface area contributed by atoms with Crippen molar-refractivity contribution in [1.29, 1.82) is 0 Å². The van der Waals surface area contributed by atoms with Gasteiger partial charge in [-0.2, -0.15) is 0 Å². The maximum atomic E-state index is 11.3. The quantitative estimate of drug-likeness (QED) is 0.415. The molecule has 0 aliphatic rings. The number of carbonyl (C=O) groups excluding carboxylic acids is 2. The molecule has 0 heterocycles. The number of hydrogen-bond acceptors (Lipinski definition) is 3. The van der Waals surface area contributed by atoms with E-state index in [1.807, 2.05) is 0 Å². The summed E-state index contributed by atoms with van der Waals surface area (Å²) in [5.74, 6) is -1.17. The number of amides is 2. The summed E-state index contributed by atoms with van der Waals surface area (Å²) in [6.45, 7) is 0.239. The Balaban J connectivity index is 2.51. The van der Waals surface area contributed by atoms with Crippen molar-refractivity contribution in [1.82, 2.24) is 5.32 Å². The molecule has 86 valence electrons. The molecule has 0 aliphatic heterocycles. The second-order valence-corrected chi connectivity index (χ2v) is 3.32. The van der Waals surface area contributed by atoms with Crippen LogP contribution in [0.1, 0.15) is 0 Å². The van der Waals surface area contributed by atoms with Crippen LogP contribution in [0.5, 0.6) is 5.75 Å². The molecule has 0 unspecified atom stereocenters. The Morgan fingerprint density at radius 1 is 1.19 bits per heavy atom. The van der Waals surface area contributed by atoms with Crippen LogP contribution in [-0.4, -0.2) is 29.3 Å². The fraction of sp³-hybridized carbons (Fsp3) is 0.200. The van der Waals surface area contributed by atoms with Crippen molar-refractivity contribution >= 4 is 29.1 Å². The van der Waals surface area contributed by atoms with Gasteiger partial charge in [-0.25, -0.2) is 0 Å². The standard InChI is InChI=1S/C10H11ClN2O3/c11-5-6-12-9(15)10(16)13-7-1-3-8(14)4-2-7/h1-4,14H,5-6H2,(H,12,15)(H,13,16). The van der Waals surface area contributed by atoms with Crippen LogP contribution in [0.25, 0.3) is 0 Å². The number of nitrogens with one attached hydrogen (secondary N) is 2. The molecule has 1 rings (SSSR count). The normalized spacial score (nSPS) is 9.56. The summed E-state index contributed by atoms with van der Waals surface area (Å²) in [6, 6.07) is 5.79. The lowest BCUT2D eigenvalue weighted by atomic mass is 10.3. The molecule has 0 bridgehead atoms. The molecular formula is C10H11ClN2O3. The van der Waals surface area contributed by atoms with Gasteiger partial charge in [-0.15, -0.1) is 11.6 Å². The van der Waals surface area contributed by atoms with Gasteiger partial charge in [0.05, 0.1) is 0 Å². The monoisotopic (exact) mass is 242 g/mol. The Morgan fingerprint density at radius 3 is 2.38 bits per heavy atom. The number of carbonyl (C=O) groups is 2. The number of benzene rings is 1. The molecule has 5 nitrogen and oxygen atoms in total. The highest BCUT2D eigenvalue weighted by molar-refractivity contribution is 6.39. The number of phenols is 1. The van der Waals surface area contributed by atoms with Crippen LogP contribution in [-0.2, 0) is 9.59 Å². The van der Waals surface area contributed by atoms with Crippen LogP contribution in [0.4, 0.5) is 5.69 Å². The van der Waals surface area contributed by atoms with Crippen molar-refractivity contribution in [2.24, 2.45) is 0 Å². The third-order valence-electron chi connectivity index (χ3n) is 1.71. The predicted molar refractivity (Wildman–Crippen MR) is 60.5 cm³/mol. The lowest BCUT2D eigenvalue weighted by Crippen LogP contribution is -2.36. The van der Waals surface area contributed by atoms with Gasteiger partial charge in [0, 0.05) is 18.1 Å². The Hall–Kier alpha value is -1.75. The van der Waals surface area contributed by atoms with E-state index in [-0.39, 0.29) is 18.2 Å². The van der Waals surface area contributed by atoms with Gasteiger partial charge in [0.2, 0.25) is 0 Å². The van der Waals surface area contributed by atoms with Gasteiger partial charge < -0.3 is 15.7 Å². The molecular weight excluding hydrogens is 232 g/mol. The number of phenolic OH excluding ortho intramolecular Hbond substituents is 1.